The molecule has 2 atom stereocenters. The molecule has 1 amide bonds. The van der Waals surface area contributed by atoms with Crippen LogP contribution in [0.1, 0.15) is 38.8 Å². The van der Waals surface area contributed by atoms with Crippen molar-refractivity contribution in [2.24, 2.45) is 5.92 Å². The van der Waals surface area contributed by atoms with E-state index < -0.39 is 9.84 Å². The molecule has 5 nitrogen and oxygen atoms in total. The number of hydrogen-bond donors (Lipinski definition) is 0. The predicted molar refractivity (Wildman–Crippen MR) is 106 cm³/mol. The fourth-order valence-corrected chi connectivity index (χ4v) is 5.86. The van der Waals surface area contributed by atoms with Gasteiger partial charge in [0.2, 0.25) is 5.91 Å². The summed E-state index contributed by atoms with van der Waals surface area (Å²) >= 11 is 6.38. The molecule has 0 saturated carbocycles. The van der Waals surface area contributed by atoms with E-state index >= 15 is 0 Å². The second kappa shape index (κ2) is 8.72. The summed E-state index contributed by atoms with van der Waals surface area (Å²) in [5.74, 6) is 0.490. The van der Waals surface area contributed by atoms with Crippen molar-refractivity contribution in [2.75, 3.05) is 31.6 Å². The van der Waals surface area contributed by atoms with E-state index in [-0.39, 0.29) is 42.0 Å². The number of rotatable bonds is 7. The molecule has 0 bridgehead atoms. The van der Waals surface area contributed by atoms with Crippen molar-refractivity contribution >= 4 is 27.3 Å². The van der Waals surface area contributed by atoms with E-state index in [2.05, 4.69) is 13.8 Å². The highest BCUT2D eigenvalue weighted by molar-refractivity contribution is 7.91. The van der Waals surface area contributed by atoms with Crippen molar-refractivity contribution in [1.29, 1.82) is 0 Å². The standard InChI is InChI=1S/C19H29ClN2O3S/c1-5-22(15-10-11-26(24,25)13-15)18(23)12-21(4)19(14(2)3)16-8-6-7-9-17(16)20/h6-9,14-15,19H,5,10-13H2,1-4H3. The molecule has 0 aromatic heterocycles. The van der Waals surface area contributed by atoms with Gasteiger partial charge in [-0.1, -0.05) is 43.6 Å². The van der Waals surface area contributed by atoms with E-state index in [1.165, 1.54) is 0 Å². The van der Waals surface area contributed by atoms with Crippen molar-refractivity contribution in [3.8, 4) is 0 Å². The molecule has 7 heteroatoms. The molecular weight excluding hydrogens is 372 g/mol. The average Bonchev–Trinajstić information content (AvgIpc) is 2.89. The highest BCUT2D eigenvalue weighted by Gasteiger charge is 2.35. The minimum absolute atomic E-state index is 0.0127. The summed E-state index contributed by atoms with van der Waals surface area (Å²) in [6.45, 7) is 6.87. The van der Waals surface area contributed by atoms with Crippen LogP contribution in [0.3, 0.4) is 0 Å². The second-order valence-electron chi connectivity index (χ2n) is 7.36. The highest BCUT2D eigenvalue weighted by Crippen LogP contribution is 2.32. The van der Waals surface area contributed by atoms with E-state index in [0.29, 0.717) is 18.0 Å². The molecule has 1 aliphatic rings. The maximum absolute atomic E-state index is 12.9. The molecule has 0 N–H and O–H groups in total. The monoisotopic (exact) mass is 400 g/mol. The van der Waals surface area contributed by atoms with Gasteiger partial charge in [0.1, 0.15) is 0 Å². The number of sulfone groups is 1. The third-order valence-electron chi connectivity index (χ3n) is 5.03. The average molecular weight is 401 g/mol. The topological polar surface area (TPSA) is 57.7 Å². The van der Waals surface area contributed by atoms with Crippen molar-refractivity contribution in [1.82, 2.24) is 9.80 Å². The van der Waals surface area contributed by atoms with Crippen molar-refractivity contribution < 1.29 is 13.2 Å². The number of carbonyl (C=O) groups is 1. The summed E-state index contributed by atoms with van der Waals surface area (Å²) in [7, 11) is -1.09. The van der Waals surface area contributed by atoms with Gasteiger partial charge in [-0.3, -0.25) is 9.69 Å². The van der Waals surface area contributed by atoms with E-state index in [1.54, 1.807) is 4.90 Å². The number of likely N-dealkylation sites (N-methyl/N-ethyl adjacent to an activating group) is 2. The van der Waals surface area contributed by atoms with Crippen LogP contribution in [0.4, 0.5) is 0 Å². The Kier molecular flexibility index (Phi) is 7.11. The Morgan fingerprint density at radius 2 is 1.96 bits per heavy atom. The van der Waals surface area contributed by atoms with E-state index in [9.17, 15) is 13.2 Å². The zero-order chi connectivity index (χ0) is 19.5. The Hall–Kier alpha value is -1.11. The van der Waals surface area contributed by atoms with Crippen LogP contribution >= 0.6 is 11.6 Å². The molecule has 1 fully saturated rings. The van der Waals surface area contributed by atoms with Gasteiger partial charge in [0.25, 0.3) is 0 Å². The zero-order valence-corrected chi connectivity index (χ0v) is 17.6. The molecule has 1 aromatic carbocycles. The minimum atomic E-state index is -3.02. The molecule has 1 heterocycles. The van der Waals surface area contributed by atoms with Crippen LogP contribution in [0.15, 0.2) is 24.3 Å². The minimum Gasteiger partial charge on any atom is -0.338 e. The number of halogens is 1. The number of nitrogens with zero attached hydrogens (tertiary/aromatic N) is 2. The summed E-state index contributed by atoms with van der Waals surface area (Å²) in [6.07, 6.45) is 0.531. The van der Waals surface area contributed by atoms with Crippen LogP contribution in [0.5, 0.6) is 0 Å². The fraction of sp³-hybridized carbons (Fsp3) is 0.632. The summed E-state index contributed by atoms with van der Waals surface area (Å²) in [5.41, 5.74) is 1.01. The van der Waals surface area contributed by atoms with E-state index in [4.69, 9.17) is 11.6 Å². The zero-order valence-electron chi connectivity index (χ0n) is 16.0. The summed E-state index contributed by atoms with van der Waals surface area (Å²) < 4.78 is 23.5. The maximum Gasteiger partial charge on any atom is 0.237 e. The smallest absolute Gasteiger partial charge is 0.237 e. The van der Waals surface area contributed by atoms with Gasteiger partial charge in [-0.25, -0.2) is 8.42 Å². The molecule has 1 aliphatic heterocycles. The van der Waals surface area contributed by atoms with Gasteiger partial charge in [0.05, 0.1) is 18.1 Å². The normalized spacial score (nSPS) is 20.5. The van der Waals surface area contributed by atoms with Crippen molar-refractivity contribution in [3.05, 3.63) is 34.9 Å². The van der Waals surface area contributed by atoms with Gasteiger partial charge in [0.15, 0.2) is 9.84 Å². The third-order valence-corrected chi connectivity index (χ3v) is 7.12. The Morgan fingerprint density at radius 3 is 2.46 bits per heavy atom. The first kappa shape index (κ1) is 21.2. The first-order valence-electron chi connectivity index (χ1n) is 9.10. The molecule has 1 saturated heterocycles. The van der Waals surface area contributed by atoms with Gasteiger partial charge in [-0.15, -0.1) is 0 Å². The first-order valence-corrected chi connectivity index (χ1v) is 11.3. The van der Waals surface area contributed by atoms with Gasteiger partial charge < -0.3 is 4.90 Å². The van der Waals surface area contributed by atoms with Crippen LogP contribution in [0, 0.1) is 5.92 Å². The largest absolute Gasteiger partial charge is 0.338 e. The summed E-state index contributed by atoms with van der Waals surface area (Å²) in [5, 5.41) is 0.694. The van der Waals surface area contributed by atoms with Crippen molar-refractivity contribution in [3.63, 3.8) is 0 Å². The molecule has 1 aromatic rings. The molecule has 26 heavy (non-hydrogen) atoms. The molecular formula is C19H29ClN2O3S. The first-order chi connectivity index (χ1) is 12.2. The van der Waals surface area contributed by atoms with Crippen LogP contribution in [-0.4, -0.2) is 61.8 Å². The lowest BCUT2D eigenvalue weighted by molar-refractivity contribution is -0.134. The van der Waals surface area contributed by atoms with Crippen LogP contribution < -0.4 is 0 Å². The lowest BCUT2D eigenvalue weighted by Gasteiger charge is -2.34. The third kappa shape index (κ3) is 4.99. The molecule has 0 spiro atoms. The predicted octanol–water partition coefficient (Wildman–Crippen LogP) is 3.00. The Bertz CT molecular complexity index is 736. The quantitative estimate of drug-likeness (QED) is 0.705. The highest BCUT2D eigenvalue weighted by atomic mass is 35.5. The Labute approximate surface area is 162 Å². The molecule has 2 unspecified atom stereocenters. The van der Waals surface area contributed by atoms with Crippen LogP contribution in [0.2, 0.25) is 5.02 Å². The summed E-state index contributed by atoms with van der Waals surface area (Å²) in [4.78, 5) is 16.6. The number of hydrogen-bond acceptors (Lipinski definition) is 4. The van der Waals surface area contributed by atoms with Gasteiger partial charge in [0, 0.05) is 23.7 Å². The molecule has 146 valence electrons. The fourth-order valence-electron chi connectivity index (χ4n) is 3.88. The SMILES string of the molecule is CCN(C(=O)CN(C)C(c1ccccc1Cl)C(C)C)C1CCS(=O)(=O)C1. The Morgan fingerprint density at radius 1 is 1.31 bits per heavy atom. The van der Waals surface area contributed by atoms with Gasteiger partial charge in [-0.05, 0) is 37.9 Å². The van der Waals surface area contributed by atoms with Gasteiger partial charge in [-0.2, -0.15) is 0 Å². The molecule has 0 radical (unpaired) electrons. The van der Waals surface area contributed by atoms with E-state index in [0.717, 1.165) is 5.56 Å². The van der Waals surface area contributed by atoms with Crippen LogP contribution in [-0.2, 0) is 14.6 Å². The molecule has 2 rings (SSSR count). The maximum atomic E-state index is 12.9. The lowest BCUT2D eigenvalue weighted by atomic mass is 9.94. The lowest BCUT2D eigenvalue weighted by Crippen LogP contribution is -2.46. The second-order valence-corrected chi connectivity index (χ2v) is 10.00. The Balaban J connectivity index is 2.14. The number of amides is 1. The van der Waals surface area contributed by atoms with Gasteiger partial charge >= 0.3 is 0 Å². The van der Waals surface area contributed by atoms with Crippen LogP contribution in [0.25, 0.3) is 0 Å². The number of carbonyl (C=O) groups excluding carboxylic acids is 1. The summed E-state index contributed by atoms with van der Waals surface area (Å²) in [6, 6.07) is 7.52. The van der Waals surface area contributed by atoms with E-state index in [1.807, 2.05) is 43.1 Å². The molecule has 0 aliphatic carbocycles. The van der Waals surface area contributed by atoms with Crippen molar-refractivity contribution in [2.45, 2.75) is 39.3 Å². The number of benzene rings is 1.